The molecule has 1 heterocycles. The fourth-order valence-electron chi connectivity index (χ4n) is 1.03. The topological polar surface area (TPSA) is 64.1 Å². The van der Waals surface area contributed by atoms with Crippen LogP contribution in [0.2, 0.25) is 0 Å². The minimum atomic E-state index is 0.337. The third-order valence-corrected chi connectivity index (χ3v) is 1.54. The van der Waals surface area contributed by atoms with Crippen molar-refractivity contribution in [2.24, 2.45) is 11.5 Å². The zero-order valence-electron chi connectivity index (χ0n) is 4.93. The first-order chi connectivity index (χ1) is 3.83. The molecule has 3 nitrogen and oxygen atoms in total. The molecule has 2 atom stereocenters. The summed E-state index contributed by atoms with van der Waals surface area (Å²) in [5.74, 6) is 0. The van der Waals surface area contributed by atoms with Crippen LogP contribution in [0.3, 0.4) is 0 Å². The molecule has 0 bridgehead atoms. The monoisotopic (exact) mass is 115 g/mol. The zero-order valence-corrected chi connectivity index (χ0v) is 4.93. The van der Waals surface area contributed by atoms with E-state index in [4.69, 9.17) is 11.5 Å². The summed E-state index contributed by atoms with van der Waals surface area (Å²) in [6, 6.07) is 0.813. The van der Waals surface area contributed by atoms with Gasteiger partial charge in [0, 0.05) is 25.2 Å². The average Bonchev–Trinajstić information content (AvgIpc) is 2.14. The van der Waals surface area contributed by atoms with Crippen LogP contribution in [0, 0.1) is 0 Å². The van der Waals surface area contributed by atoms with Crippen LogP contribution < -0.4 is 16.8 Å². The van der Waals surface area contributed by atoms with Crippen molar-refractivity contribution in [1.29, 1.82) is 0 Å². The van der Waals surface area contributed by atoms with Crippen molar-refractivity contribution in [3.63, 3.8) is 0 Å². The van der Waals surface area contributed by atoms with E-state index >= 15 is 0 Å². The first-order valence-corrected chi connectivity index (χ1v) is 3.02. The molecule has 48 valence electrons. The van der Waals surface area contributed by atoms with Crippen LogP contribution in [-0.2, 0) is 0 Å². The van der Waals surface area contributed by atoms with Crippen LogP contribution in [0.1, 0.15) is 6.42 Å². The molecular weight excluding hydrogens is 102 g/mol. The molecule has 0 amide bonds. The van der Waals surface area contributed by atoms with Gasteiger partial charge in [-0.1, -0.05) is 0 Å². The van der Waals surface area contributed by atoms with Gasteiger partial charge in [0.25, 0.3) is 0 Å². The predicted octanol–water partition coefficient (Wildman–Crippen LogP) is -1.37. The fraction of sp³-hybridized carbons (Fsp3) is 1.00. The van der Waals surface area contributed by atoms with E-state index in [-0.39, 0.29) is 0 Å². The van der Waals surface area contributed by atoms with Gasteiger partial charge in [0.15, 0.2) is 0 Å². The van der Waals surface area contributed by atoms with Gasteiger partial charge in [-0.05, 0) is 6.42 Å². The largest absolute Gasteiger partial charge is 0.329 e. The summed E-state index contributed by atoms with van der Waals surface area (Å²) >= 11 is 0. The molecule has 3 heteroatoms. The van der Waals surface area contributed by atoms with Crippen LogP contribution >= 0.6 is 0 Å². The summed E-state index contributed by atoms with van der Waals surface area (Å²) in [6.07, 6.45) is 1.04. The van der Waals surface area contributed by atoms with Gasteiger partial charge in [-0.15, -0.1) is 0 Å². The minimum absolute atomic E-state index is 0.337. The summed E-state index contributed by atoms with van der Waals surface area (Å²) in [5.41, 5.74) is 11.0. The van der Waals surface area contributed by atoms with E-state index in [2.05, 4.69) is 5.32 Å². The van der Waals surface area contributed by atoms with Gasteiger partial charge in [-0.2, -0.15) is 0 Å². The van der Waals surface area contributed by atoms with E-state index in [1.807, 2.05) is 0 Å². The Morgan fingerprint density at radius 3 is 2.62 bits per heavy atom. The lowest BCUT2D eigenvalue weighted by molar-refractivity contribution is 0.610. The Morgan fingerprint density at radius 1 is 1.62 bits per heavy atom. The predicted molar refractivity (Wildman–Crippen MR) is 33.4 cm³/mol. The molecule has 1 saturated heterocycles. The van der Waals surface area contributed by atoms with Gasteiger partial charge in [0.2, 0.25) is 0 Å². The number of rotatable bonds is 1. The number of hydrogen-bond acceptors (Lipinski definition) is 3. The summed E-state index contributed by atoms with van der Waals surface area (Å²) in [6.45, 7) is 1.65. The maximum atomic E-state index is 5.58. The van der Waals surface area contributed by atoms with Crippen LogP contribution in [0.4, 0.5) is 0 Å². The molecule has 1 aliphatic heterocycles. The second-order valence-electron chi connectivity index (χ2n) is 2.34. The molecule has 1 unspecified atom stereocenters. The van der Waals surface area contributed by atoms with Gasteiger partial charge in [-0.3, -0.25) is 0 Å². The van der Waals surface area contributed by atoms with Crippen LogP contribution in [0.5, 0.6) is 0 Å². The molecule has 0 saturated carbocycles. The third kappa shape index (κ3) is 1.18. The minimum Gasteiger partial charge on any atom is -0.329 e. The van der Waals surface area contributed by atoms with E-state index in [1.165, 1.54) is 0 Å². The summed E-state index contributed by atoms with van der Waals surface area (Å²) in [4.78, 5) is 0. The molecule has 0 radical (unpaired) electrons. The molecule has 0 aromatic rings. The second-order valence-corrected chi connectivity index (χ2v) is 2.34. The summed E-state index contributed by atoms with van der Waals surface area (Å²) in [7, 11) is 0. The first-order valence-electron chi connectivity index (χ1n) is 3.02. The molecule has 0 aromatic heterocycles. The standard InChI is InChI=1S/C5H13N3/c6-2-5-1-4(7)3-8-5/h4-5,8H,1-3,6-7H2/t4-,5?/m0/s1. The van der Waals surface area contributed by atoms with E-state index in [0.717, 1.165) is 13.0 Å². The Balaban J connectivity index is 2.22. The summed E-state index contributed by atoms with van der Waals surface area (Å²) < 4.78 is 0. The average molecular weight is 115 g/mol. The fourth-order valence-corrected chi connectivity index (χ4v) is 1.03. The van der Waals surface area contributed by atoms with E-state index < -0.39 is 0 Å². The van der Waals surface area contributed by atoms with E-state index in [1.54, 1.807) is 0 Å². The Hall–Kier alpha value is -0.120. The van der Waals surface area contributed by atoms with Crippen molar-refractivity contribution in [2.75, 3.05) is 13.1 Å². The molecular formula is C5H13N3. The van der Waals surface area contributed by atoms with Crippen LogP contribution in [0.15, 0.2) is 0 Å². The maximum absolute atomic E-state index is 5.58. The summed E-state index contributed by atoms with van der Waals surface area (Å²) in [5, 5.41) is 3.21. The smallest absolute Gasteiger partial charge is 0.0206 e. The van der Waals surface area contributed by atoms with Crippen molar-refractivity contribution >= 4 is 0 Å². The molecule has 1 aliphatic rings. The highest BCUT2D eigenvalue weighted by Gasteiger charge is 2.18. The quantitative estimate of drug-likeness (QED) is 0.395. The normalized spacial score (nSPS) is 38.2. The lowest BCUT2D eigenvalue weighted by atomic mass is 10.2. The van der Waals surface area contributed by atoms with Gasteiger partial charge >= 0.3 is 0 Å². The second kappa shape index (κ2) is 2.44. The Morgan fingerprint density at radius 2 is 2.38 bits per heavy atom. The van der Waals surface area contributed by atoms with Crippen molar-refractivity contribution < 1.29 is 0 Å². The molecule has 0 aliphatic carbocycles. The highest BCUT2D eigenvalue weighted by Crippen LogP contribution is 2.00. The molecule has 8 heavy (non-hydrogen) atoms. The number of nitrogens with one attached hydrogen (secondary N) is 1. The van der Waals surface area contributed by atoms with Crippen molar-refractivity contribution in [2.45, 2.75) is 18.5 Å². The highest BCUT2D eigenvalue weighted by molar-refractivity contribution is 4.83. The number of nitrogens with two attached hydrogens (primary N) is 2. The van der Waals surface area contributed by atoms with Crippen LogP contribution in [0.25, 0.3) is 0 Å². The molecule has 1 rings (SSSR count). The highest BCUT2D eigenvalue weighted by atomic mass is 15.0. The number of hydrogen-bond donors (Lipinski definition) is 3. The van der Waals surface area contributed by atoms with Gasteiger partial charge < -0.3 is 16.8 Å². The third-order valence-electron chi connectivity index (χ3n) is 1.54. The molecule has 0 spiro atoms. The Labute approximate surface area is 49.4 Å². The van der Waals surface area contributed by atoms with Gasteiger partial charge in [-0.25, -0.2) is 0 Å². The maximum Gasteiger partial charge on any atom is 0.0206 e. The van der Waals surface area contributed by atoms with Crippen molar-refractivity contribution in [3.05, 3.63) is 0 Å². The lowest BCUT2D eigenvalue weighted by Gasteiger charge is -2.02. The van der Waals surface area contributed by atoms with Crippen LogP contribution in [-0.4, -0.2) is 25.2 Å². The van der Waals surface area contributed by atoms with Crippen molar-refractivity contribution in [3.8, 4) is 0 Å². The van der Waals surface area contributed by atoms with E-state index in [0.29, 0.717) is 18.6 Å². The first kappa shape index (κ1) is 6.01. The Kier molecular flexibility index (Phi) is 1.83. The van der Waals surface area contributed by atoms with E-state index in [9.17, 15) is 0 Å². The molecule has 5 N–H and O–H groups in total. The van der Waals surface area contributed by atoms with Crippen molar-refractivity contribution in [1.82, 2.24) is 5.32 Å². The zero-order chi connectivity index (χ0) is 5.98. The molecule has 1 fully saturated rings. The SMILES string of the molecule is NCC1C[C@H](N)CN1. The Bertz CT molecular complexity index is 74.1. The van der Waals surface area contributed by atoms with Gasteiger partial charge in [0.1, 0.15) is 0 Å². The lowest BCUT2D eigenvalue weighted by Crippen LogP contribution is -2.29. The van der Waals surface area contributed by atoms with Gasteiger partial charge in [0.05, 0.1) is 0 Å². The molecule has 0 aromatic carbocycles.